The van der Waals surface area contributed by atoms with Gasteiger partial charge in [-0.1, -0.05) is 28.9 Å². The van der Waals surface area contributed by atoms with Crippen molar-refractivity contribution >= 4 is 15.9 Å². The van der Waals surface area contributed by atoms with Gasteiger partial charge in [0.2, 0.25) is 0 Å². The van der Waals surface area contributed by atoms with E-state index in [-0.39, 0.29) is 11.9 Å². The topological polar surface area (TPSA) is 35.8 Å². The van der Waals surface area contributed by atoms with Crippen molar-refractivity contribution in [2.24, 2.45) is 0 Å². The molecule has 0 saturated carbocycles. The van der Waals surface area contributed by atoms with E-state index in [1.54, 1.807) is 12.1 Å². The highest BCUT2D eigenvalue weighted by Crippen LogP contribution is 2.21. The maximum Gasteiger partial charge on any atom is 0.130 e. The number of nitriles is 1. The van der Waals surface area contributed by atoms with Crippen LogP contribution in [0.4, 0.5) is 4.39 Å². The fourth-order valence-electron chi connectivity index (χ4n) is 1.33. The van der Waals surface area contributed by atoms with E-state index in [1.807, 2.05) is 13.8 Å². The van der Waals surface area contributed by atoms with Crippen LogP contribution >= 0.6 is 15.9 Å². The van der Waals surface area contributed by atoms with Crippen molar-refractivity contribution in [1.82, 2.24) is 5.32 Å². The van der Waals surface area contributed by atoms with Crippen LogP contribution in [0.3, 0.4) is 0 Å². The number of benzene rings is 1. The lowest BCUT2D eigenvalue weighted by Gasteiger charge is -2.17. The third-order valence-electron chi connectivity index (χ3n) is 2.47. The number of rotatable bonds is 4. The van der Waals surface area contributed by atoms with Gasteiger partial charge in [0.15, 0.2) is 0 Å². The molecule has 2 nitrogen and oxygen atoms in total. The Labute approximate surface area is 104 Å². The van der Waals surface area contributed by atoms with Gasteiger partial charge in [0.1, 0.15) is 11.9 Å². The molecule has 0 spiro atoms. The molecule has 86 valence electrons. The third-order valence-corrected chi connectivity index (χ3v) is 2.96. The summed E-state index contributed by atoms with van der Waals surface area (Å²) in [6, 6.07) is 6.41. The van der Waals surface area contributed by atoms with E-state index >= 15 is 0 Å². The molecule has 0 heterocycles. The Bertz CT molecular complexity index is 400. The van der Waals surface area contributed by atoms with Crippen LogP contribution in [-0.4, -0.2) is 6.04 Å². The normalized spacial score (nSPS) is 14.2. The maximum atomic E-state index is 13.6. The molecule has 0 amide bonds. The molecule has 0 aliphatic carbocycles. The molecule has 0 aromatic heterocycles. The first-order valence-corrected chi connectivity index (χ1v) is 5.98. The lowest BCUT2D eigenvalue weighted by Crippen LogP contribution is -2.29. The van der Waals surface area contributed by atoms with E-state index in [0.29, 0.717) is 10.0 Å². The summed E-state index contributed by atoms with van der Waals surface area (Å²) in [6.07, 6.45) is 0.899. The molecule has 0 aliphatic rings. The lowest BCUT2D eigenvalue weighted by atomic mass is 10.1. The van der Waals surface area contributed by atoms with Gasteiger partial charge in [0.05, 0.1) is 6.07 Å². The van der Waals surface area contributed by atoms with E-state index in [0.717, 1.165) is 6.42 Å². The van der Waals surface area contributed by atoms with E-state index in [1.165, 1.54) is 6.07 Å². The summed E-state index contributed by atoms with van der Waals surface area (Å²) in [5.41, 5.74) is 0.394. The second-order valence-corrected chi connectivity index (χ2v) is 4.62. The summed E-state index contributed by atoms with van der Waals surface area (Å²) in [6.45, 7) is 3.99. The van der Waals surface area contributed by atoms with Crippen LogP contribution in [-0.2, 0) is 0 Å². The van der Waals surface area contributed by atoms with Gasteiger partial charge in [-0.15, -0.1) is 0 Å². The summed E-state index contributed by atoms with van der Waals surface area (Å²) in [7, 11) is 0. The van der Waals surface area contributed by atoms with Gasteiger partial charge in [-0.2, -0.15) is 5.26 Å². The predicted octanol–water partition coefficient (Wildman–Crippen LogP) is 3.54. The Morgan fingerprint density at radius 3 is 2.75 bits per heavy atom. The van der Waals surface area contributed by atoms with Crippen LogP contribution in [0, 0.1) is 17.1 Å². The van der Waals surface area contributed by atoms with Crippen LogP contribution < -0.4 is 5.32 Å². The zero-order valence-electron chi connectivity index (χ0n) is 9.30. The minimum atomic E-state index is -0.594. The zero-order valence-corrected chi connectivity index (χ0v) is 10.9. The number of nitrogens with one attached hydrogen (secondary N) is 1. The summed E-state index contributed by atoms with van der Waals surface area (Å²) in [4.78, 5) is 0. The SMILES string of the molecule is CCC(C)NC(C#N)c1ccc(Br)cc1F. The van der Waals surface area contributed by atoms with Crippen molar-refractivity contribution < 1.29 is 4.39 Å². The molecule has 0 radical (unpaired) electrons. The van der Waals surface area contributed by atoms with Crippen molar-refractivity contribution in [2.75, 3.05) is 0 Å². The molecule has 1 aromatic rings. The average molecular weight is 285 g/mol. The minimum Gasteiger partial charge on any atom is -0.296 e. The van der Waals surface area contributed by atoms with E-state index in [4.69, 9.17) is 5.26 Å². The third kappa shape index (κ3) is 3.29. The van der Waals surface area contributed by atoms with Gasteiger partial charge in [-0.25, -0.2) is 4.39 Å². The smallest absolute Gasteiger partial charge is 0.130 e. The molecule has 1 N–H and O–H groups in total. The standard InChI is InChI=1S/C12H14BrFN2/c1-3-8(2)16-12(7-15)10-5-4-9(13)6-11(10)14/h4-6,8,12,16H,3H2,1-2H3. The summed E-state index contributed by atoms with van der Waals surface area (Å²) >= 11 is 3.19. The van der Waals surface area contributed by atoms with Crippen molar-refractivity contribution in [3.05, 3.63) is 34.1 Å². The fourth-order valence-corrected chi connectivity index (χ4v) is 1.67. The van der Waals surface area contributed by atoms with Gasteiger partial charge in [0, 0.05) is 16.1 Å². The van der Waals surface area contributed by atoms with Crippen LogP contribution in [0.1, 0.15) is 31.9 Å². The molecule has 16 heavy (non-hydrogen) atoms. The maximum absolute atomic E-state index is 13.6. The van der Waals surface area contributed by atoms with Crippen LogP contribution in [0.5, 0.6) is 0 Å². The molecular formula is C12H14BrFN2. The molecule has 0 aliphatic heterocycles. The van der Waals surface area contributed by atoms with Gasteiger partial charge in [-0.3, -0.25) is 5.32 Å². The molecule has 2 unspecified atom stereocenters. The molecule has 0 bridgehead atoms. The van der Waals surface area contributed by atoms with E-state index in [2.05, 4.69) is 27.3 Å². The Balaban J connectivity index is 2.92. The first-order valence-electron chi connectivity index (χ1n) is 5.19. The highest BCUT2D eigenvalue weighted by atomic mass is 79.9. The molecule has 4 heteroatoms. The first kappa shape index (κ1) is 13.1. The van der Waals surface area contributed by atoms with Crippen LogP contribution in [0.15, 0.2) is 22.7 Å². The molecule has 2 atom stereocenters. The van der Waals surface area contributed by atoms with Crippen molar-refractivity contribution in [1.29, 1.82) is 5.26 Å². The second kappa shape index (κ2) is 5.97. The minimum absolute atomic E-state index is 0.188. The number of nitrogens with zero attached hydrogens (tertiary/aromatic N) is 1. The van der Waals surface area contributed by atoms with Crippen molar-refractivity contribution in [2.45, 2.75) is 32.4 Å². The second-order valence-electron chi connectivity index (χ2n) is 3.70. The number of hydrogen-bond donors (Lipinski definition) is 1. The van der Waals surface area contributed by atoms with E-state index in [9.17, 15) is 4.39 Å². The fraction of sp³-hybridized carbons (Fsp3) is 0.417. The Kier molecular flexibility index (Phi) is 4.91. The van der Waals surface area contributed by atoms with E-state index < -0.39 is 6.04 Å². The van der Waals surface area contributed by atoms with Crippen LogP contribution in [0.2, 0.25) is 0 Å². The first-order chi connectivity index (χ1) is 7.58. The zero-order chi connectivity index (χ0) is 12.1. The number of hydrogen-bond acceptors (Lipinski definition) is 2. The molecule has 0 fully saturated rings. The highest BCUT2D eigenvalue weighted by Gasteiger charge is 2.16. The van der Waals surface area contributed by atoms with Gasteiger partial charge in [0.25, 0.3) is 0 Å². The molecular weight excluding hydrogens is 271 g/mol. The monoisotopic (exact) mass is 284 g/mol. The van der Waals surface area contributed by atoms with Gasteiger partial charge < -0.3 is 0 Å². The van der Waals surface area contributed by atoms with Gasteiger partial charge >= 0.3 is 0 Å². The quantitative estimate of drug-likeness (QED) is 0.918. The lowest BCUT2D eigenvalue weighted by molar-refractivity contribution is 0.485. The van der Waals surface area contributed by atoms with Crippen molar-refractivity contribution in [3.8, 4) is 6.07 Å². The van der Waals surface area contributed by atoms with Gasteiger partial charge in [-0.05, 0) is 25.5 Å². The summed E-state index contributed by atoms with van der Waals surface area (Å²) in [5.74, 6) is -0.364. The Morgan fingerprint density at radius 2 is 2.25 bits per heavy atom. The largest absolute Gasteiger partial charge is 0.296 e. The summed E-state index contributed by atoms with van der Waals surface area (Å²) < 4.78 is 14.3. The summed E-state index contributed by atoms with van der Waals surface area (Å²) in [5, 5.41) is 12.1. The Hall–Kier alpha value is -0.920. The number of halogens is 2. The highest BCUT2D eigenvalue weighted by molar-refractivity contribution is 9.10. The van der Waals surface area contributed by atoms with Crippen LogP contribution in [0.25, 0.3) is 0 Å². The molecule has 1 rings (SSSR count). The molecule has 1 aromatic carbocycles. The average Bonchev–Trinajstić information content (AvgIpc) is 2.26. The Morgan fingerprint density at radius 1 is 1.56 bits per heavy atom. The van der Waals surface area contributed by atoms with Crippen molar-refractivity contribution in [3.63, 3.8) is 0 Å². The predicted molar refractivity (Wildman–Crippen MR) is 65.3 cm³/mol. The molecule has 0 saturated heterocycles.